The molecule has 0 radical (unpaired) electrons. The van der Waals surface area contributed by atoms with Gasteiger partial charge >= 0.3 is 6.09 Å². The number of nitrogens with zero attached hydrogens (tertiary/aromatic N) is 4. The number of rotatable bonds is 9. The van der Waals surface area contributed by atoms with Crippen molar-refractivity contribution in [2.75, 3.05) is 44.7 Å². The van der Waals surface area contributed by atoms with Crippen molar-refractivity contribution in [3.05, 3.63) is 84.7 Å². The van der Waals surface area contributed by atoms with Crippen molar-refractivity contribution in [1.82, 2.24) is 15.2 Å². The normalized spacial score (nSPS) is 22.7. The Morgan fingerprint density at radius 3 is 2.37 bits per heavy atom. The van der Waals surface area contributed by atoms with Crippen LogP contribution in [0.2, 0.25) is 0 Å². The summed E-state index contributed by atoms with van der Waals surface area (Å²) < 4.78 is 5.85. The van der Waals surface area contributed by atoms with Gasteiger partial charge in [0.1, 0.15) is 6.10 Å². The van der Waals surface area contributed by atoms with Crippen molar-refractivity contribution in [3.63, 3.8) is 0 Å². The number of alkyl carbamates (subject to hydrolysis) is 1. The molecule has 2 aromatic carbocycles. The summed E-state index contributed by atoms with van der Waals surface area (Å²) >= 11 is 1.76. The van der Waals surface area contributed by atoms with Crippen molar-refractivity contribution < 1.29 is 9.53 Å². The number of anilines is 1. The number of pyridine rings is 1. The van der Waals surface area contributed by atoms with E-state index in [1.807, 2.05) is 42.7 Å². The van der Waals surface area contributed by atoms with Gasteiger partial charge in [0.25, 0.3) is 0 Å². The number of hydrogen-bond donors (Lipinski definition) is 1. The van der Waals surface area contributed by atoms with E-state index in [2.05, 4.69) is 62.6 Å². The monoisotopic (exact) mass is 595 g/mol. The Hall–Kier alpha value is -3.54. The summed E-state index contributed by atoms with van der Waals surface area (Å²) in [4.78, 5) is 23.8. The Labute approximate surface area is 259 Å². The number of nitriles is 1. The van der Waals surface area contributed by atoms with Gasteiger partial charge in [0.15, 0.2) is 0 Å². The van der Waals surface area contributed by atoms with E-state index in [9.17, 15) is 10.1 Å². The minimum Gasteiger partial charge on any atom is -0.446 e. The molecule has 1 N–H and O–H groups in total. The van der Waals surface area contributed by atoms with Crippen LogP contribution in [0.15, 0.2) is 88.9 Å². The van der Waals surface area contributed by atoms with Gasteiger partial charge in [0.2, 0.25) is 0 Å². The Kier molecular flexibility index (Phi) is 9.20. The smallest absolute Gasteiger partial charge is 0.407 e. The van der Waals surface area contributed by atoms with Crippen LogP contribution < -0.4 is 10.2 Å². The number of likely N-dealkylation sites (tertiary alicyclic amines) is 1. The van der Waals surface area contributed by atoms with Crippen LogP contribution in [0.3, 0.4) is 0 Å². The third-order valence-electron chi connectivity index (χ3n) is 9.73. The van der Waals surface area contributed by atoms with E-state index in [0.717, 1.165) is 70.4 Å². The van der Waals surface area contributed by atoms with Crippen LogP contribution in [0.5, 0.6) is 0 Å². The predicted octanol–water partition coefficient (Wildman–Crippen LogP) is 6.37. The third-order valence-corrected chi connectivity index (χ3v) is 10.7. The molecule has 3 atom stereocenters. The van der Waals surface area contributed by atoms with Crippen molar-refractivity contribution >= 4 is 23.5 Å². The number of piperidine rings is 1. The van der Waals surface area contributed by atoms with Crippen LogP contribution >= 0.6 is 11.8 Å². The maximum Gasteiger partial charge on any atom is 0.407 e. The summed E-state index contributed by atoms with van der Waals surface area (Å²) in [5.74, 6) is 0.900. The van der Waals surface area contributed by atoms with Gasteiger partial charge in [-0.05, 0) is 93.1 Å². The zero-order valence-corrected chi connectivity index (χ0v) is 25.7. The first-order valence-corrected chi connectivity index (χ1v) is 16.4. The Morgan fingerprint density at radius 2 is 1.70 bits per heavy atom. The van der Waals surface area contributed by atoms with Gasteiger partial charge in [0, 0.05) is 66.4 Å². The first-order chi connectivity index (χ1) is 21.1. The second kappa shape index (κ2) is 13.4. The molecular formula is C35H41N5O2S. The van der Waals surface area contributed by atoms with E-state index in [0.29, 0.717) is 5.92 Å². The van der Waals surface area contributed by atoms with Gasteiger partial charge in [-0.3, -0.25) is 4.98 Å². The highest BCUT2D eigenvalue weighted by atomic mass is 32.2. The van der Waals surface area contributed by atoms with E-state index in [1.54, 1.807) is 18.8 Å². The average molecular weight is 596 g/mol. The highest BCUT2D eigenvalue weighted by Gasteiger charge is 2.53. The number of carbonyl (C=O) groups excluding carboxylic acids is 1. The van der Waals surface area contributed by atoms with Gasteiger partial charge in [-0.1, -0.05) is 42.1 Å². The van der Waals surface area contributed by atoms with Crippen molar-refractivity contribution in [3.8, 4) is 6.07 Å². The third kappa shape index (κ3) is 6.39. The SMILES string of the molecule is CNC(=O)O[C@H]1CCCC1C(C#N)(c1ccccc1)C1CCN(CC2CN(c3ccc(Sc4ccncc4)cc3)C2)CC1. The maximum absolute atomic E-state index is 12.2. The van der Waals surface area contributed by atoms with Crippen LogP contribution in [0, 0.1) is 29.1 Å². The lowest BCUT2D eigenvalue weighted by Crippen LogP contribution is -2.54. The highest BCUT2D eigenvalue weighted by Crippen LogP contribution is 2.51. The quantitative estimate of drug-likeness (QED) is 0.308. The van der Waals surface area contributed by atoms with E-state index in [4.69, 9.17) is 4.74 Å². The summed E-state index contributed by atoms with van der Waals surface area (Å²) in [7, 11) is 1.60. The average Bonchev–Trinajstić information content (AvgIpc) is 3.50. The van der Waals surface area contributed by atoms with Gasteiger partial charge in [0.05, 0.1) is 11.5 Å². The predicted molar refractivity (Wildman–Crippen MR) is 170 cm³/mol. The molecule has 7 nitrogen and oxygen atoms in total. The summed E-state index contributed by atoms with van der Waals surface area (Å²) in [5, 5.41) is 13.5. The minimum atomic E-state index is -0.655. The van der Waals surface area contributed by atoms with E-state index in [1.165, 1.54) is 15.5 Å². The molecule has 1 aliphatic carbocycles. The summed E-state index contributed by atoms with van der Waals surface area (Å²) in [6.45, 7) is 5.29. The molecule has 3 aromatic rings. The summed E-state index contributed by atoms with van der Waals surface area (Å²) in [6.07, 6.45) is 7.70. The molecule has 1 aromatic heterocycles. The second-order valence-electron chi connectivity index (χ2n) is 12.2. The largest absolute Gasteiger partial charge is 0.446 e. The Bertz CT molecular complexity index is 1390. The Morgan fingerprint density at radius 1 is 1.00 bits per heavy atom. The van der Waals surface area contributed by atoms with E-state index >= 15 is 0 Å². The number of aromatic nitrogens is 1. The molecule has 1 amide bonds. The zero-order chi connectivity index (χ0) is 29.6. The van der Waals surface area contributed by atoms with Gasteiger partial charge in [-0.25, -0.2) is 4.79 Å². The highest BCUT2D eigenvalue weighted by molar-refractivity contribution is 7.99. The number of ether oxygens (including phenoxy) is 1. The molecule has 3 fully saturated rings. The van der Waals surface area contributed by atoms with Crippen LogP contribution in [-0.2, 0) is 10.2 Å². The number of benzene rings is 2. The minimum absolute atomic E-state index is 0.00318. The molecule has 8 heteroatoms. The molecule has 0 spiro atoms. The lowest BCUT2D eigenvalue weighted by molar-refractivity contribution is 0.0307. The maximum atomic E-state index is 12.2. The molecule has 2 saturated heterocycles. The molecule has 2 unspecified atom stereocenters. The van der Waals surface area contributed by atoms with Gasteiger partial charge in [-0.15, -0.1) is 0 Å². The number of carbonyl (C=O) groups is 1. The molecule has 3 aliphatic rings. The summed E-state index contributed by atoms with van der Waals surface area (Å²) in [5.41, 5.74) is 1.71. The molecule has 0 bridgehead atoms. The van der Waals surface area contributed by atoms with Gasteiger partial charge < -0.3 is 19.9 Å². The molecular weight excluding hydrogens is 554 g/mol. The standard InChI is InChI=1S/C35H41N5O2S/c1-37-34(41)42-33-9-5-8-32(33)35(25-36,27-6-3-2-4-7-27)28-16-20-39(21-17-28)22-26-23-40(24-26)29-10-12-30(13-11-29)43-31-14-18-38-19-15-31/h2-4,6-7,10-15,18-19,26,28,32-33H,5,8-9,16-17,20-24H2,1H3,(H,37,41)/t32?,33-,35?/m0/s1. The van der Waals surface area contributed by atoms with Crippen LogP contribution in [0.1, 0.15) is 37.7 Å². The van der Waals surface area contributed by atoms with Crippen LogP contribution in [0.25, 0.3) is 0 Å². The fourth-order valence-corrected chi connectivity index (χ4v) is 8.39. The fraction of sp³-hybridized carbons (Fsp3) is 0.457. The van der Waals surface area contributed by atoms with Crippen LogP contribution in [0.4, 0.5) is 10.5 Å². The van der Waals surface area contributed by atoms with E-state index < -0.39 is 11.5 Å². The topological polar surface area (TPSA) is 81.5 Å². The number of hydrogen-bond acceptors (Lipinski definition) is 7. The van der Waals surface area contributed by atoms with Crippen molar-refractivity contribution in [1.29, 1.82) is 5.26 Å². The number of amides is 1. The lowest BCUT2D eigenvalue weighted by Gasteiger charge is -2.47. The molecule has 3 heterocycles. The van der Waals surface area contributed by atoms with Gasteiger partial charge in [-0.2, -0.15) is 5.26 Å². The summed E-state index contributed by atoms with van der Waals surface area (Å²) in [6, 6.07) is 26.1. The van der Waals surface area contributed by atoms with Crippen LogP contribution in [-0.4, -0.2) is 61.9 Å². The first-order valence-electron chi connectivity index (χ1n) is 15.6. The fourth-order valence-electron chi connectivity index (χ4n) is 7.59. The number of nitrogens with one attached hydrogen (secondary N) is 1. The van der Waals surface area contributed by atoms with Crippen molar-refractivity contribution in [2.45, 2.75) is 53.4 Å². The Balaban J connectivity index is 1.05. The molecule has 43 heavy (non-hydrogen) atoms. The molecule has 6 rings (SSSR count). The molecule has 1 saturated carbocycles. The lowest BCUT2D eigenvalue weighted by atomic mass is 9.59. The first kappa shape index (κ1) is 29.5. The van der Waals surface area contributed by atoms with Crippen molar-refractivity contribution in [2.24, 2.45) is 17.8 Å². The van der Waals surface area contributed by atoms with E-state index in [-0.39, 0.29) is 17.9 Å². The molecule has 224 valence electrons. The second-order valence-corrected chi connectivity index (χ2v) is 13.3. The zero-order valence-electron chi connectivity index (χ0n) is 24.9. The molecule has 2 aliphatic heterocycles.